The van der Waals surface area contributed by atoms with Gasteiger partial charge in [0.15, 0.2) is 0 Å². The maximum atomic E-state index is 12.6. The van der Waals surface area contributed by atoms with Crippen LogP contribution in [0, 0.1) is 0 Å². The third kappa shape index (κ3) is 3.94. The van der Waals surface area contributed by atoms with Gasteiger partial charge >= 0.3 is 0 Å². The summed E-state index contributed by atoms with van der Waals surface area (Å²) < 4.78 is 35.1. The SMILES string of the molecule is CC1CN(S(=O)(=O)NCC2CCCc3ccccc32)CC(C)O1. The van der Waals surface area contributed by atoms with Gasteiger partial charge in [0, 0.05) is 19.6 Å². The zero-order chi connectivity index (χ0) is 16.4. The van der Waals surface area contributed by atoms with Gasteiger partial charge in [0.1, 0.15) is 0 Å². The summed E-state index contributed by atoms with van der Waals surface area (Å²) >= 11 is 0. The van der Waals surface area contributed by atoms with Crippen molar-refractivity contribution >= 4 is 10.2 Å². The van der Waals surface area contributed by atoms with Gasteiger partial charge in [-0.2, -0.15) is 12.7 Å². The van der Waals surface area contributed by atoms with Gasteiger partial charge in [-0.05, 0) is 50.2 Å². The highest BCUT2D eigenvalue weighted by atomic mass is 32.2. The fourth-order valence-corrected chi connectivity index (χ4v) is 5.10. The second-order valence-corrected chi connectivity index (χ2v) is 8.47. The number of hydrogen-bond acceptors (Lipinski definition) is 3. The molecule has 1 aromatic carbocycles. The smallest absolute Gasteiger partial charge is 0.279 e. The quantitative estimate of drug-likeness (QED) is 0.914. The molecule has 1 aliphatic heterocycles. The van der Waals surface area contributed by atoms with E-state index in [4.69, 9.17) is 4.74 Å². The van der Waals surface area contributed by atoms with Crippen LogP contribution in [0.5, 0.6) is 0 Å². The maximum Gasteiger partial charge on any atom is 0.279 e. The van der Waals surface area contributed by atoms with Crippen LogP contribution in [0.1, 0.15) is 43.7 Å². The Hall–Kier alpha value is -0.950. The first-order valence-corrected chi connectivity index (χ1v) is 9.87. The first kappa shape index (κ1) is 16.9. The highest BCUT2D eigenvalue weighted by Crippen LogP contribution is 2.31. The summed E-state index contributed by atoms with van der Waals surface area (Å²) in [6.07, 6.45) is 3.12. The molecule has 1 aliphatic carbocycles. The molecule has 1 saturated heterocycles. The normalized spacial score (nSPS) is 29.2. The summed E-state index contributed by atoms with van der Waals surface area (Å²) in [6.45, 7) is 5.13. The summed E-state index contributed by atoms with van der Waals surface area (Å²) in [4.78, 5) is 0. The number of ether oxygens (including phenoxy) is 1. The number of aryl methyl sites for hydroxylation is 1. The molecular weight excluding hydrogens is 312 g/mol. The Morgan fingerprint density at radius 2 is 1.91 bits per heavy atom. The van der Waals surface area contributed by atoms with Crippen LogP contribution in [0.25, 0.3) is 0 Å². The molecule has 3 atom stereocenters. The van der Waals surface area contributed by atoms with Crippen LogP contribution in [0.4, 0.5) is 0 Å². The first-order valence-electron chi connectivity index (χ1n) is 8.43. The Bertz CT molecular complexity index is 637. The second-order valence-electron chi connectivity index (χ2n) is 6.72. The molecule has 0 amide bonds. The minimum atomic E-state index is -3.45. The Balaban J connectivity index is 1.66. The lowest BCUT2D eigenvalue weighted by Gasteiger charge is -2.35. The highest BCUT2D eigenvalue weighted by Gasteiger charge is 2.31. The van der Waals surface area contributed by atoms with E-state index in [9.17, 15) is 8.42 Å². The van der Waals surface area contributed by atoms with Gasteiger partial charge in [-0.1, -0.05) is 24.3 Å². The van der Waals surface area contributed by atoms with Gasteiger partial charge in [0.05, 0.1) is 12.2 Å². The minimum Gasteiger partial charge on any atom is -0.373 e. The number of fused-ring (bicyclic) bond motifs is 1. The van der Waals surface area contributed by atoms with Gasteiger partial charge in [0.2, 0.25) is 0 Å². The van der Waals surface area contributed by atoms with Gasteiger partial charge in [0.25, 0.3) is 10.2 Å². The lowest BCUT2D eigenvalue weighted by Crippen LogP contribution is -2.52. The molecule has 3 unspecified atom stereocenters. The highest BCUT2D eigenvalue weighted by molar-refractivity contribution is 7.87. The Morgan fingerprint density at radius 3 is 2.65 bits per heavy atom. The van der Waals surface area contributed by atoms with Crippen molar-refractivity contribution in [2.75, 3.05) is 19.6 Å². The van der Waals surface area contributed by atoms with Crippen LogP contribution in [0.3, 0.4) is 0 Å². The van der Waals surface area contributed by atoms with Crippen molar-refractivity contribution < 1.29 is 13.2 Å². The zero-order valence-corrected chi connectivity index (χ0v) is 14.7. The number of rotatable bonds is 4. The molecular formula is C17H26N2O3S. The van der Waals surface area contributed by atoms with Gasteiger partial charge in [-0.25, -0.2) is 4.72 Å². The van der Waals surface area contributed by atoms with Crippen LogP contribution >= 0.6 is 0 Å². The Kier molecular flexibility index (Phi) is 5.06. The van der Waals surface area contributed by atoms with Crippen LogP contribution in [-0.2, 0) is 21.4 Å². The molecule has 0 aromatic heterocycles. The third-order valence-electron chi connectivity index (χ3n) is 4.73. The molecule has 2 aliphatic rings. The zero-order valence-electron chi connectivity index (χ0n) is 13.9. The fraction of sp³-hybridized carbons (Fsp3) is 0.647. The molecule has 5 nitrogen and oxygen atoms in total. The molecule has 1 aromatic rings. The van der Waals surface area contributed by atoms with Gasteiger partial charge < -0.3 is 4.74 Å². The van der Waals surface area contributed by atoms with Crippen molar-refractivity contribution in [1.29, 1.82) is 0 Å². The average molecular weight is 338 g/mol. The van der Waals surface area contributed by atoms with Gasteiger partial charge in [-0.15, -0.1) is 0 Å². The second kappa shape index (κ2) is 6.89. The van der Waals surface area contributed by atoms with Crippen molar-refractivity contribution in [3.63, 3.8) is 0 Å². The Labute approximate surface area is 139 Å². The summed E-state index contributed by atoms with van der Waals surface area (Å²) in [5, 5.41) is 0. The van der Waals surface area contributed by atoms with Crippen LogP contribution in [0.2, 0.25) is 0 Å². The Morgan fingerprint density at radius 1 is 1.22 bits per heavy atom. The maximum absolute atomic E-state index is 12.6. The first-order chi connectivity index (χ1) is 11.0. The number of nitrogens with zero attached hydrogens (tertiary/aromatic N) is 1. The van der Waals surface area contributed by atoms with E-state index in [2.05, 4.69) is 22.9 Å². The lowest BCUT2D eigenvalue weighted by molar-refractivity contribution is -0.0443. The third-order valence-corrected chi connectivity index (χ3v) is 6.24. The molecule has 1 heterocycles. The van der Waals surface area contributed by atoms with E-state index in [-0.39, 0.29) is 18.1 Å². The number of benzene rings is 1. The predicted octanol–water partition coefficient (Wildman–Crippen LogP) is 2.05. The van der Waals surface area contributed by atoms with Crippen LogP contribution in [-0.4, -0.2) is 44.6 Å². The molecule has 0 saturated carbocycles. The molecule has 3 rings (SSSR count). The van der Waals surface area contributed by atoms with Crippen molar-refractivity contribution in [3.8, 4) is 0 Å². The molecule has 23 heavy (non-hydrogen) atoms. The predicted molar refractivity (Wildman–Crippen MR) is 90.6 cm³/mol. The molecule has 0 radical (unpaired) electrons. The van der Waals surface area contributed by atoms with Crippen molar-refractivity contribution in [3.05, 3.63) is 35.4 Å². The molecule has 128 valence electrons. The number of hydrogen-bond donors (Lipinski definition) is 1. The molecule has 0 bridgehead atoms. The summed E-state index contributed by atoms with van der Waals surface area (Å²) in [6, 6.07) is 8.38. The largest absolute Gasteiger partial charge is 0.373 e. The number of morpholine rings is 1. The summed E-state index contributed by atoms with van der Waals surface area (Å²) in [7, 11) is -3.45. The van der Waals surface area contributed by atoms with Gasteiger partial charge in [-0.3, -0.25) is 0 Å². The fourth-order valence-electron chi connectivity index (χ4n) is 3.69. The van der Waals surface area contributed by atoms with E-state index in [1.54, 1.807) is 0 Å². The van der Waals surface area contributed by atoms with E-state index >= 15 is 0 Å². The van der Waals surface area contributed by atoms with Crippen LogP contribution < -0.4 is 4.72 Å². The van der Waals surface area contributed by atoms with E-state index in [0.717, 1.165) is 19.3 Å². The van der Waals surface area contributed by atoms with Crippen LogP contribution in [0.15, 0.2) is 24.3 Å². The minimum absolute atomic E-state index is 0.0641. The lowest BCUT2D eigenvalue weighted by atomic mass is 9.83. The van der Waals surface area contributed by atoms with E-state index < -0.39 is 10.2 Å². The monoisotopic (exact) mass is 338 g/mol. The van der Waals surface area contributed by atoms with Crippen molar-refractivity contribution in [2.45, 2.75) is 51.2 Å². The molecule has 1 fully saturated rings. The van der Waals surface area contributed by atoms with E-state index in [0.29, 0.717) is 19.6 Å². The summed E-state index contributed by atoms with van der Waals surface area (Å²) in [5.74, 6) is 0.269. The number of nitrogens with one attached hydrogen (secondary N) is 1. The average Bonchev–Trinajstić information content (AvgIpc) is 2.52. The topological polar surface area (TPSA) is 58.6 Å². The molecule has 6 heteroatoms. The van der Waals surface area contributed by atoms with Crippen molar-refractivity contribution in [1.82, 2.24) is 9.03 Å². The molecule has 1 N–H and O–H groups in total. The van der Waals surface area contributed by atoms with E-state index in [1.807, 2.05) is 19.9 Å². The summed E-state index contributed by atoms with van der Waals surface area (Å²) in [5.41, 5.74) is 2.65. The van der Waals surface area contributed by atoms with Crippen molar-refractivity contribution in [2.24, 2.45) is 0 Å². The standard InChI is InChI=1S/C17H26N2O3S/c1-13-11-19(12-14(2)22-13)23(20,21)18-10-16-8-5-7-15-6-3-4-9-17(15)16/h3-4,6,9,13-14,16,18H,5,7-8,10-12H2,1-2H3. The molecule has 0 spiro atoms. The van der Waals surface area contributed by atoms with E-state index in [1.165, 1.54) is 15.4 Å².